The van der Waals surface area contributed by atoms with Crippen LogP contribution in [-0.4, -0.2) is 37.0 Å². The van der Waals surface area contributed by atoms with Crippen molar-refractivity contribution < 1.29 is 24.2 Å². The molecule has 0 amide bonds. The van der Waals surface area contributed by atoms with Crippen molar-refractivity contribution in [1.82, 2.24) is 9.55 Å². The molecule has 0 radical (unpaired) electrons. The van der Waals surface area contributed by atoms with E-state index in [9.17, 15) is 9.90 Å². The molecular weight excluding hydrogens is 382 g/mol. The molecule has 0 saturated carbocycles. The van der Waals surface area contributed by atoms with Crippen molar-refractivity contribution in [3.8, 4) is 23.1 Å². The molecule has 0 fully saturated rings. The van der Waals surface area contributed by atoms with Gasteiger partial charge in [0, 0.05) is 13.0 Å². The third-order valence-corrected chi connectivity index (χ3v) is 5.63. The van der Waals surface area contributed by atoms with Crippen molar-refractivity contribution in [2.24, 2.45) is 0 Å². The van der Waals surface area contributed by atoms with Gasteiger partial charge in [-0.05, 0) is 29.7 Å². The van der Waals surface area contributed by atoms with Crippen LogP contribution in [0.2, 0.25) is 0 Å². The molecule has 0 saturated heterocycles. The van der Waals surface area contributed by atoms with Gasteiger partial charge in [-0.1, -0.05) is 6.08 Å². The van der Waals surface area contributed by atoms with Crippen LogP contribution < -0.4 is 29.8 Å². The van der Waals surface area contributed by atoms with Crippen LogP contribution in [0.3, 0.4) is 0 Å². The van der Waals surface area contributed by atoms with Gasteiger partial charge in [-0.15, -0.1) is 6.58 Å². The predicted octanol–water partition coefficient (Wildman–Crippen LogP) is 0.0630. The Morgan fingerprint density at radius 2 is 2.29 bits per heavy atom. The van der Waals surface area contributed by atoms with Crippen LogP contribution in [0.15, 0.2) is 23.5 Å². The number of nitrogens with zero attached hydrogens (tertiary/aromatic N) is 1. The minimum absolute atomic E-state index is 0.0880. The smallest absolute Gasteiger partial charge is 0.260 e. The molecule has 148 valence electrons. The van der Waals surface area contributed by atoms with Gasteiger partial charge < -0.3 is 28.8 Å². The van der Waals surface area contributed by atoms with E-state index in [1.54, 1.807) is 13.2 Å². The maximum absolute atomic E-state index is 13.2. The molecule has 2 unspecified atom stereocenters. The average Bonchev–Trinajstić information content (AvgIpc) is 3.13. The lowest BCUT2D eigenvalue weighted by Crippen LogP contribution is -3.10. The molecule has 0 bridgehead atoms. The summed E-state index contributed by atoms with van der Waals surface area (Å²) < 4.78 is 18.2. The minimum atomic E-state index is -0.517. The Labute approximate surface area is 166 Å². The van der Waals surface area contributed by atoms with Crippen molar-refractivity contribution in [3.05, 3.63) is 50.5 Å². The zero-order chi connectivity index (χ0) is 20.0. The van der Waals surface area contributed by atoms with Gasteiger partial charge in [-0.2, -0.15) is 0 Å². The van der Waals surface area contributed by atoms with Crippen LogP contribution in [-0.2, 0) is 13.0 Å². The zero-order valence-electron chi connectivity index (χ0n) is 15.7. The lowest BCUT2D eigenvalue weighted by molar-refractivity contribution is -0.908. The summed E-state index contributed by atoms with van der Waals surface area (Å²) in [5.41, 5.74) is 1.41. The van der Waals surface area contributed by atoms with Gasteiger partial charge in [-0.3, -0.25) is 9.78 Å². The number of aromatic nitrogens is 2. The van der Waals surface area contributed by atoms with E-state index in [-0.39, 0.29) is 23.7 Å². The summed E-state index contributed by atoms with van der Waals surface area (Å²) in [6.45, 7) is 4.74. The fraction of sp³-hybridized carbons (Fsp3) is 0.368. The number of benzene rings is 1. The molecule has 28 heavy (non-hydrogen) atoms. The van der Waals surface area contributed by atoms with E-state index >= 15 is 0 Å². The van der Waals surface area contributed by atoms with Crippen molar-refractivity contribution in [2.75, 3.05) is 27.5 Å². The molecule has 0 spiro atoms. The van der Waals surface area contributed by atoms with Crippen LogP contribution in [0.25, 0.3) is 0 Å². The SMILES string of the molecule is C=CCn1c([O-])c(C2c3c(cc4c(c3OC)OCO4)CC[NH+]2C)c(=O)[nH]c1=S. The summed E-state index contributed by atoms with van der Waals surface area (Å²) in [4.78, 5) is 16.5. The zero-order valence-corrected chi connectivity index (χ0v) is 16.5. The van der Waals surface area contributed by atoms with Gasteiger partial charge in [0.1, 0.15) is 6.04 Å². The van der Waals surface area contributed by atoms with Gasteiger partial charge in [0.05, 0.1) is 31.8 Å². The number of hydrogen-bond donors (Lipinski definition) is 2. The number of methoxy groups -OCH3 is 1. The number of quaternary nitrogens is 1. The number of nitrogens with one attached hydrogen (secondary N) is 2. The second-order valence-electron chi connectivity index (χ2n) is 6.87. The number of likely N-dealkylation sites (N-methyl/N-ethyl adjacent to an activating group) is 1. The van der Waals surface area contributed by atoms with E-state index in [2.05, 4.69) is 11.6 Å². The normalized spacial score (nSPS) is 19.9. The molecule has 2 aliphatic rings. The van der Waals surface area contributed by atoms with Crippen molar-refractivity contribution >= 4 is 12.2 Å². The molecule has 8 nitrogen and oxygen atoms in total. The Morgan fingerprint density at radius 1 is 1.50 bits per heavy atom. The highest BCUT2D eigenvalue weighted by Gasteiger charge is 2.39. The number of allylic oxidation sites excluding steroid dienone is 1. The topological polar surface area (TPSA) is 93.0 Å². The summed E-state index contributed by atoms with van der Waals surface area (Å²) in [5.74, 6) is 1.22. The first-order valence-corrected chi connectivity index (χ1v) is 9.35. The van der Waals surface area contributed by atoms with Crippen LogP contribution in [0.5, 0.6) is 23.1 Å². The van der Waals surface area contributed by atoms with Gasteiger partial charge in [-0.25, -0.2) is 0 Å². The van der Waals surface area contributed by atoms with E-state index in [0.29, 0.717) is 17.2 Å². The molecule has 1 aromatic heterocycles. The first-order chi connectivity index (χ1) is 13.5. The van der Waals surface area contributed by atoms with Crippen LogP contribution in [0.1, 0.15) is 22.7 Å². The number of aromatic amines is 1. The Balaban J connectivity index is 2.01. The first-order valence-electron chi connectivity index (χ1n) is 8.94. The van der Waals surface area contributed by atoms with E-state index in [1.165, 1.54) is 4.57 Å². The highest BCUT2D eigenvalue weighted by molar-refractivity contribution is 7.71. The molecular formula is C19H21N3O5S. The lowest BCUT2D eigenvalue weighted by atomic mass is 9.87. The molecule has 2 N–H and O–H groups in total. The largest absolute Gasteiger partial charge is 0.859 e. The third kappa shape index (κ3) is 2.70. The standard InChI is InChI=1S/C19H21N3O5S/c1-4-6-22-18(24)13(17(23)20-19(22)28)14-12-10(5-7-21(14)2)8-11-15(16(12)25-3)27-9-26-11/h4,8,14,24H,1,5-7,9H2,2-3H3,(H,20,23,28). The second kappa shape index (κ2) is 6.99. The van der Waals surface area contributed by atoms with Crippen LogP contribution in [0.4, 0.5) is 0 Å². The Hall–Kier alpha value is -2.78. The van der Waals surface area contributed by atoms with Gasteiger partial charge in [0.2, 0.25) is 12.5 Å². The van der Waals surface area contributed by atoms with E-state index in [0.717, 1.165) is 29.0 Å². The van der Waals surface area contributed by atoms with E-state index < -0.39 is 17.5 Å². The number of ether oxygens (including phenoxy) is 3. The van der Waals surface area contributed by atoms with E-state index in [4.69, 9.17) is 26.4 Å². The van der Waals surface area contributed by atoms with Gasteiger partial charge in [0.15, 0.2) is 16.3 Å². The molecule has 2 aliphatic heterocycles. The number of fused-ring (bicyclic) bond motifs is 2. The highest BCUT2D eigenvalue weighted by Crippen LogP contribution is 2.48. The lowest BCUT2D eigenvalue weighted by Gasteiger charge is -2.35. The van der Waals surface area contributed by atoms with Crippen LogP contribution in [0, 0.1) is 4.77 Å². The quantitative estimate of drug-likeness (QED) is 0.554. The van der Waals surface area contributed by atoms with Gasteiger partial charge in [0.25, 0.3) is 5.56 Å². The maximum atomic E-state index is 13.2. The fourth-order valence-corrected chi connectivity index (χ4v) is 4.28. The molecule has 1 aromatic carbocycles. The van der Waals surface area contributed by atoms with Crippen molar-refractivity contribution in [1.29, 1.82) is 0 Å². The summed E-state index contributed by atoms with van der Waals surface area (Å²) in [6, 6.07) is 1.40. The summed E-state index contributed by atoms with van der Waals surface area (Å²) in [6.07, 6.45) is 2.34. The Bertz CT molecular complexity index is 1070. The molecule has 3 heterocycles. The van der Waals surface area contributed by atoms with Crippen LogP contribution >= 0.6 is 12.2 Å². The average molecular weight is 403 g/mol. The van der Waals surface area contributed by atoms with Gasteiger partial charge >= 0.3 is 0 Å². The number of rotatable bonds is 4. The molecule has 4 rings (SSSR count). The predicted molar refractivity (Wildman–Crippen MR) is 102 cm³/mol. The molecule has 0 aliphatic carbocycles. The summed E-state index contributed by atoms with van der Waals surface area (Å²) in [5, 5.41) is 13.2. The number of H-pyrrole nitrogens is 1. The second-order valence-corrected chi connectivity index (χ2v) is 7.26. The summed E-state index contributed by atoms with van der Waals surface area (Å²) in [7, 11) is 3.50. The summed E-state index contributed by atoms with van der Waals surface area (Å²) >= 11 is 5.17. The Morgan fingerprint density at radius 3 is 3.00 bits per heavy atom. The highest BCUT2D eigenvalue weighted by atomic mass is 32.1. The third-order valence-electron chi connectivity index (χ3n) is 5.30. The molecule has 9 heteroatoms. The number of hydrogen-bond acceptors (Lipinski definition) is 6. The van der Waals surface area contributed by atoms with Crippen molar-refractivity contribution in [2.45, 2.75) is 19.0 Å². The molecule has 2 aromatic rings. The van der Waals surface area contributed by atoms with Crippen molar-refractivity contribution in [3.63, 3.8) is 0 Å². The Kier molecular flexibility index (Phi) is 4.64. The molecule has 2 atom stereocenters. The fourth-order valence-electron chi connectivity index (χ4n) is 4.03. The maximum Gasteiger partial charge on any atom is 0.260 e. The first kappa shape index (κ1) is 18.6. The van der Waals surface area contributed by atoms with E-state index in [1.807, 2.05) is 13.1 Å². The monoisotopic (exact) mass is 403 g/mol. The minimum Gasteiger partial charge on any atom is -0.859 e.